The van der Waals surface area contributed by atoms with Gasteiger partial charge in [0, 0.05) is 30.5 Å². The summed E-state index contributed by atoms with van der Waals surface area (Å²) in [6.07, 6.45) is 11.0. The summed E-state index contributed by atoms with van der Waals surface area (Å²) < 4.78 is 5.52. The van der Waals surface area contributed by atoms with E-state index in [1.165, 1.54) is 19.3 Å². The topological polar surface area (TPSA) is 75.7 Å². The Hall–Kier alpha value is -2.21. The predicted molar refractivity (Wildman–Crippen MR) is 145 cm³/mol. The number of hydrogen-bond acceptors (Lipinski definition) is 4. The first-order valence-electron chi connectivity index (χ1n) is 14.4. The summed E-state index contributed by atoms with van der Waals surface area (Å²) in [7, 11) is 0. The molecule has 6 heteroatoms. The fourth-order valence-electron chi connectivity index (χ4n) is 7.09. The number of hydrogen-bond donors (Lipinski definition) is 1. The maximum absolute atomic E-state index is 13.1. The highest BCUT2D eigenvalue weighted by Gasteiger charge is 2.56. The molecular formula is C31H46N2O4. The molecule has 2 atom stereocenters. The molecule has 6 nitrogen and oxygen atoms in total. The number of piperidine rings is 1. The molecule has 2 aliphatic carbocycles. The molecule has 3 saturated heterocycles. The van der Waals surface area contributed by atoms with Crippen molar-refractivity contribution in [1.82, 2.24) is 10.2 Å². The molecule has 2 amide bonds. The smallest absolute Gasteiger partial charge is 0.251 e. The molecule has 2 bridgehead atoms. The Labute approximate surface area is 222 Å². The number of carbonyl (C=O) groups is 3. The Morgan fingerprint density at radius 1 is 1.08 bits per heavy atom. The Balaban J connectivity index is 0.000000335. The van der Waals surface area contributed by atoms with Crippen molar-refractivity contribution in [3.63, 3.8) is 0 Å². The molecule has 0 radical (unpaired) electrons. The molecule has 5 fully saturated rings. The van der Waals surface area contributed by atoms with Gasteiger partial charge < -0.3 is 15.0 Å². The van der Waals surface area contributed by atoms with Gasteiger partial charge in [-0.15, -0.1) is 0 Å². The Morgan fingerprint density at radius 3 is 2.38 bits per heavy atom. The first-order valence-corrected chi connectivity index (χ1v) is 14.4. The lowest BCUT2D eigenvalue weighted by Gasteiger charge is -2.39. The quantitative estimate of drug-likeness (QED) is 0.492. The summed E-state index contributed by atoms with van der Waals surface area (Å²) in [5.41, 5.74) is 2.57. The lowest BCUT2D eigenvalue weighted by Crippen LogP contribution is -2.48. The second-order valence-electron chi connectivity index (χ2n) is 12.9. The van der Waals surface area contributed by atoms with E-state index in [2.05, 4.69) is 19.2 Å². The standard InChI is InChI=1S/C24H34N2O3.C7H12O/c1-17(2)23(28)22(18-8-4-3-5-9-18)25-24(29)20-11-6-10-19(14-20)21-12-7-13-26(15-21)16-27;1-6-3-7(2,4-6)8-5-6/h6,10-11,14,16-18,21-22H,3-5,7-9,12-13,15H2,1-2H3,(H,25,29);3-5H2,1-2H3. The lowest BCUT2D eigenvalue weighted by atomic mass is 9.65. The molecule has 0 spiro atoms. The number of rotatable bonds is 7. The minimum absolute atomic E-state index is 0.0925. The minimum atomic E-state index is -0.397. The van der Waals surface area contributed by atoms with Crippen molar-refractivity contribution in [2.75, 3.05) is 19.7 Å². The van der Waals surface area contributed by atoms with Crippen molar-refractivity contribution in [2.45, 2.75) is 103 Å². The van der Waals surface area contributed by atoms with Crippen LogP contribution in [0.4, 0.5) is 0 Å². The van der Waals surface area contributed by atoms with Crippen LogP contribution in [0.25, 0.3) is 0 Å². The van der Waals surface area contributed by atoms with E-state index in [0.717, 1.165) is 63.7 Å². The molecule has 0 aromatic heterocycles. The Kier molecular flexibility index (Phi) is 8.77. The molecule has 37 heavy (non-hydrogen) atoms. The second-order valence-corrected chi connectivity index (χ2v) is 12.9. The van der Waals surface area contributed by atoms with Crippen LogP contribution in [0.5, 0.6) is 0 Å². The van der Waals surface area contributed by atoms with Crippen LogP contribution in [0, 0.1) is 17.3 Å². The van der Waals surface area contributed by atoms with Crippen molar-refractivity contribution in [3.05, 3.63) is 35.4 Å². The van der Waals surface area contributed by atoms with Gasteiger partial charge in [-0.1, -0.05) is 52.2 Å². The van der Waals surface area contributed by atoms with Crippen LogP contribution in [0.15, 0.2) is 24.3 Å². The summed E-state index contributed by atoms with van der Waals surface area (Å²) in [6, 6.07) is 7.30. The van der Waals surface area contributed by atoms with E-state index in [9.17, 15) is 14.4 Å². The fraction of sp³-hybridized carbons (Fsp3) is 0.710. The first kappa shape index (κ1) is 27.8. The highest BCUT2D eigenvalue weighted by molar-refractivity contribution is 5.98. The van der Waals surface area contributed by atoms with Crippen molar-refractivity contribution in [2.24, 2.45) is 17.3 Å². The fourth-order valence-corrected chi connectivity index (χ4v) is 7.09. The van der Waals surface area contributed by atoms with E-state index < -0.39 is 6.04 Å². The van der Waals surface area contributed by atoms with E-state index >= 15 is 0 Å². The largest absolute Gasteiger partial charge is 0.375 e. The number of ketones is 1. The normalized spacial score (nSPS) is 30.1. The van der Waals surface area contributed by atoms with Crippen LogP contribution in [0.3, 0.4) is 0 Å². The minimum Gasteiger partial charge on any atom is -0.375 e. The van der Waals surface area contributed by atoms with Crippen molar-refractivity contribution >= 4 is 18.1 Å². The Morgan fingerprint density at radius 2 is 1.81 bits per heavy atom. The number of ether oxygens (including phenoxy) is 1. The summed E-state index contributed by atoms with van der Waals surface area (Å²) in [5.74, 6) is 0.373. The molecule has 2 unspecified atom stereocenters. The number of Topliss-reactive ketones (excluding diaryl/α,β-unsaturated/α-hetero) is 1. The van der Waals surface area contributed by atoms with Crippen LogP contribution in [-0.2, 0) is 14.3 Å². The summed E-state index contributed by atoms with van der Waals surface area (Å²) in [6.45, 7) is 10.8. The van der Waals surface area contributed by atoms with Gasteiger partial charge in [0.1, 0.15) is 0 Å². The number of nitrogens with zero attached hydrogens (tertiary/aromatic N) is 1. The first-order chi connectivity index (χ1) is 17.6. The number of carbonyl (C=O) groups excluding carboxylic acids is 3. The van der Waals surface area contributed by atoms with Gasteiger partial charge >= 0.3 is 0 Å². The van der Waals surface area contributed by atoms with Crippen LogP contribution >= 0.6 is 0 Å². The zero-order valence-electron chi connectivity index (χ0n) is 23.3. The second kappa shape index (κ2) is 11.7. The average molecular weight is 511 g/mol. The van der Waals surface area contributed by atoms with E-state index in [-0.39, 0.29) is 29.4 Å². The average Bonchev–Trinajstić information content (AvgIpc) is 3.38. The van der Waals surface area contributed by atoms with Crippen LogP contribution < -0.4 is 5.32 Å². The number of benzene rings is 1. The van der Waals surface area contributed by atoms with Gasteiger partial charge in [-0.2, -0.15) is 0 Å². The van der Waals surface area contributed by atoms with E-state index in [1.54, 1.807) is 4.90 Å². The molecule has 1 N–H and O–H groups in total. The van der Waals surface area contributed by atoms with E-state index in [1.807, 2.05) is 38.1 Å². The van der Waals surface area contributed by atoms with Gasteiger partial charge in [-0.3, -0.25) is 14.4 Å². The molecule has 6 rings (SSSR count). The number of nitrogens with one attached hydrogen (secondary N) is 1. The molecule has 5 aliphatic rings. The van der Waals surface area contributed by atoms with Gasteiger partial charge in [0.05, 0.1) is 18.2 Å². The highest BCUT2D eigenvalue weighted by Crippen LogP contribution is 2.56. The van der Waals surface area contributed by atoms with Gasteiger partial charge in [-0.05, 0) is 74.5 Å². The van der Waals surface area contributed by atoms with Gasteiger partial charge in [-0.25, -0.2) is 0 Å². The lowest BCUT2D eigenvalue weighted by molar-refractivity contribution is -0.125. The third kappa shape index (κ3) is 6.81. The maximum atomic E-state index is 13.1. The third-order valence-corrected chi connectivity index (χ3v) is 8.88. The van der Waals surface area contributed by atoms with E-state index in [4.69, 9.17) is 4.74 Å². The van der Waals surface area contributed by atoms with Crippen LogP contribution in [-0.4, -0.2) is 54.3 Å². The summed E-state index contributed by atoms with van der Waals surface area (Å²) in [5, 5.41) is 3.08. The molecule has 3 aliphatic heterocycles. The maximum Gasteiger partial charge on any atom is 0.251 e. The van der Waals surface area contributed by atoms with Crippen molar-refractivity contribution in [3.8, 4) is 0 Å². The summed E-state index contributed by atoms with van der Waals surface area (Å²) >= 11 is 0. The van der Waals surface area contributed by atoms with Crippen LogP contribution in [0.1, 0.15) is 107 Å². The van der Waals surface area contributed by atoms with Gasteiger partial charge in [0.15, 0.2) is 5.78 Å². The predicted octanol–water partition coefficient (Wildman–Crippen LogP) is 5.50. The van der Waals surface area contributed by atoms with Crippen molar-refractivity contribution in [1.29, 1.82) is 0 Å². The number of fused-ring (bicyclic) bond motifs is 1. The zero-order valence-corrected chi connectivity index (χ0v) is 23.3. The molecule has 1 aromatic rings. The molecular weight excluding hydrogens is 464 g/mol. The van der Waals surface area contributed by atoms with Crippen LogP contribution in [0.2, 0.25) is 0 Å². The van der Waals surface area contributed by atoms with E-state index in [0.29, 0.717) is 23.1 Å². The van der Waals surface area contributed by atoms with Gasteiger partial charge in [0.25, 0.3) is 5.91 Å². The molecule has 1 aromatic carbocycles. The number of likely N-dealkylation sites (tertiary alicyclic amines) is 1. The van der Waals surface area contributed by atoms with Crippen molar-refractivity contribution < 1.29 is 19.1 Å². The molecule has 2 saturated carbocycles. The monoisotopic (exact) mass is 510 g/mol. The molecule has 204 valence electrons. The van der Waals surface area contributed by atoms with Gasteiger partial charge in [0.2, 0.25) is 6.41 Å². The highest BCUT2D eigenvalue weighted by atomic mass is 16.5. The Bertz CT molecular complexity index is 948. The molecule has 3 heterocycles. The summed E-state index contributed by atoms with van der Waals surface area (Å²) in [4.78, 5) is 38.8. The third-order valence-electron chi connectivity index (χ3n) is 8.88. The SMILES string of the molecule is CC(C)C(=O)C(NC(=O)c1cccc(C2CCCN(C=O)C2)c1)C1CCCCC1.CC12COC(C)(C1)C2. The zero-order chi connectivity index (χ0) is 26.6. The number of amides is 2.